The van der Waals surface area contributed by atoms with Gasteiger partial charge in [-0.05, 0) is 12.8 Å². The van der Waals surface area contributed by atoms with Gasteiger partial charge in [-0.15, -0.1) is 0 Å². The van der Waals surface area contributed by atoms with Crippen LogP contribution >= 0.6 is 0 Å². The van der Waals surface area contributed by atoms with Crippen LogP contribution in [-0.2, 0) is 0 Å². The topological polar surface area (TPSA) is 85.3 Å². The first-order chi connectivity index (χ1) is 9.09. The molecule has 0 fully saturated rings. The lowest BCUT2D eigenvalue weighted by molar-refractivity contribution is 0.0944. The molecule has 0 aromatic carbocycles. The molecule has 19 heavy (non-hydrogen) atoms. The van der Waals surface area contributed by atoms with Gasteiger partial charge in [0, 0.05) is 24.5 Å². The van der Waals surface area contributed by atoms with Crippen LogP contribution in [0.4, 0.5) is 0 Å². The normalized spacial score (nSPS) is 11.7. The van der Waals surface area contributed by atoms with Crippen LogP contribution in [0.25, 0.3) is 5.52 Å². The quantitative estimate of drug-likeness (QED) is 0.840. The minimum Gasteiger partial charge on any atom is -0.350 e. The van der Waals surface area contributed by atoms with Gasteiger partial charge in [-0.25, -0.2) is 4.52 Å². The molecule has 0 radical (unpaired) electrons. The molecule has 2 heterocycles. The van der Waals surface area contributed by atoms with E-state index in [0.717, 1.165) is 12.8 Å². The zero-order chi connectivity index (χ0) is 13.9. The predicted molar refractivity (Wildman–Crippen MR) is 72.8 cm³/mol. The highest BCUT2D eigenvalue weighted by molar-refractivity contribution is 6.00. The van der Waals surface area contributed by atoms with Gasteiger partial charge in [0.15, 0.2) is 0 Å². The van der Waals surface area contributed by atoms with Gasteiger partial charge in [0.2, 0.25) is 0 Å². The fraction of sp³-hybridized carbons (Fsp3) is 0.462. The van der Waals surface area contributed by atoms with Crippen molar-refractivity contribution in [1.29, 1.82) is 0 Å². The summed E-state index contributed by atoms with van der Waals surface area (Å²) in [6.45, 7) is 4.50. The lowest BCUT2D eigenvalue weighted by Gasteiger charge is -2.26. The van der Waals surface area contributed by atoms with Gasteiger partial charge in [0.25, 0.3) is 5.91 Å². The fourth-order valence-corrected chi connectivity index (χ4v) is 1.86. The van der Waals surface area contributed by atoms with E-state index in [1.807, 2.05) is 13.8 Å². The molecule has 0 spiro atoms. The van der Waals surface area contributed by atoms with Gasteiger partial charge < -0.3 is 11.1 Å². The van der Waals surface area contributed by atoms with E-state index in [9.17, 15) is 4.79 Å². The highest BCUT2D eigenvalue weighted by Gasteiger charge is 2.22. The number of fused-ring (bicyclic) bond motifs is 1. The van der Waals surface area contributed by atoms with Gasteiger partial charge in [-0.3, -0.25) is 9.78 Å². The average Bonchev–Trinajstić information content (AvgIpc) is 2.88. The monoisotopic (exact) mass is 261 g/mol. The molecule has 2 aromatic heterocycles. The Morgan fingerprint density at radius 3 is 2.84 bits per heavy atom. The Balaban J connectivity index is 2.12. The van der Waals surface area contributed by atoms with Crippen molar-refractivity contribution in [3.05, 3.63) is 30.4 Å². The second-order valence-electron chi connectivity index (χ2n) is 4.72. The van der Waals surface area contributed by atoms with E-state index < -0.39 is 0 Å². The minimum absolute atomic E-state index is 0.167. The third-order valence-electron chi connectivity index (χ3n) is 3.58. The molecule has 0 saturated carbocycles. The molecule has 2 rings (SSSR count). The van der Waals surface area contributed by atoms with Crippen LogP contribution in [0.5, 0.6) is 0 Å². The fourth-order valence-electron chi connectivity index (χ4n) is 1.86. The van der Waals surface area contributed by atoms with Gasteiger partial charge in [-0.2, -0.15) is 5.10 Å². The Hall–Kier alpha value is -1.95. The van der Waals surface area contributed by atoms with E-state index in [1.165, 1.54) is 0 Å². The molecule has 0 bridgehead atoms. The van der Waals surface area contributed by atoms with E-state index in [2.05, 4.69) is 15.4 Å². The zero-order valence-corrected chi connectivity index (χ0v) is 11.3. The zero-order valence-electron chi connectivity index (χ0n) is 11.3. The molecule has 0 atom stereocenters. The molecule has 6 nitrogen and oxygen atoms in total. The Morgan fingerprint density at radius 2 is 2.16 bits per heavy atom. The molecule has 1 amide bonds. The average molecular weight is 261 g/mol. The van der Waals surface area contributed by atoms with Gasteiger partial charge in [-0.1, -0.05) is 13.8 Å². The minimum atomic E-state index is -0.350. The molecule has 0 aliphatic heterocycles. The highest BCUT2D eigenvalue weighted by Crippen LogP contribution is 2.11. The summed E-state index contributed by atoms with van der Waals surface area (Å²) in [6, 6.07) is 0. The Kier molecular flexibility index (Phi) is 3.80. The molecule has 2 aromatic rings. The van der Waals surface area contributed by atoms with Crippen LogP contribution in [0.2, 0.25) is 0 Å². The molecule has 0 aliphatic rings. The number of nitrogens with two attached hydrogens (primary N) is 1. The standard InChI is InChI=1S/C13H19N5O/c1-3-13(14,4-2)9-16-12(19)10-7-17-18-6-5-15-8-11(10)18/h5-8H,3-4,9,14H2,1-2H3,(H,16,19). The number of rotatable bonds is 5. The summed E-state index contributed by atoms with van der Waals surface area (Å²) in [4.78, 5) is 16.2. The van der Waals surface area contributed by atoms with Crippen molar-refractivity contribution < 1.29 is 4.79 Å². The molecule has 0 unspecified atom stereocenters. The number of carbonyl (C=O) groups is 1. The van der Waals surface area contributed by atoms with E-state index >= 15 is 0 Å². The summed E-state index contributed by atoms with van der Waals surface area (Å²) in [5, 5.41) is 6.98. The van der Waals surface area contributed by atoms with Crippen molar-refractivity contribution in [3.8, 4) is 0 Å². The first kappa shape index (κ1) is 13.5. The molecule has 0 aliphatic carbocycles. The number of nitrogens with one attached hydrogen (secondary N) is 1. The van der Waals surface area contributed by atoms with Crippen LogP contribution in [0.3, 0.4) is 0 Å². The van der Waals surface area contributed by atoms with Crippen LogP contribution in [0.1, 0.15) is 37.0 Å². The second kappa shape index (κ2) is 5.36. The van der Waals surface area contributed by atoms with Crippen LogP contribution < -0.4 is 11.1 Å². The van der Waals surface area contributed by atoms with E-state index in [0.29, 0.717) is 17.6 Å². The Bertz CT molecular complexity index is 573. The molecule has 0 saturated heterocycles. The summed E-state index contributed by atoms with van der Waals surface area (Å²) in [5.74, 6) is -0.167. The summed E-state index contributed by atoms with van der Waals surface area (Å²) in [5.41, 5.74) is 7.02. The van der Waals surface area contributed by atoms with Crippen molar-refractivity contribution in [1.82, 2.24) is 19.9 Å². The lowest BCUT2D eigenvalue weighted by atomic mass is 9.94. The molecular weight excluding hydrogens is 242 g/mol. The van der Waals surface area contributed by atoms with Crippen molar-refractivity contribution in [3.63, 3.8) is 0 Å². The maximum absolute atomic E-state index is 12.2. The first-order valence-electron chi connectivity index (χ1n) is 6.44. The van der Waals surface area contributed by atoms with Gasteiger partial charge in [0.05, 0.1) is 23.5 Å². The summed E-state index contributed by atoms with van der Waals surface area (Å²) >= 11 is 0. The SMILES string of the molecule is CCC(N)(CC)CNC(=O)c1cnn2ccncc12. The third kappa shape index (κ3) is 2.73. The number of hydrogen-bond donors (Lipinski definition) is 2. The lowest BCUT2D eigenvalue weighted by Crippen LogP contribution is -2.49. The highest BCUT2D eigenvalue weighted by atomic mass is 16.1. The van der Waals surface area contributed by atoms with Crippen molar-refractivity contribution in [2.24, 2.45) is 5.73 Å². The Morgan fingerprint density at radius 1 is 1.42 bits per heavy atom. The van der Waals surface area contributed by atoms with Crippen molar-refractivity contribution in [2.45, 2.75) is 32.2 Å². The van der Waals surface area contributed by atoms with Crippen molar-refractivity contribution in [2.75, 3.05) is 6.54 Å². The van der Waals surface area contributed by atoms with Crippen LogP contribution in [0, 0.1) is 0 Å². The van der Waals surface area contributed by atoms with E-state index in [4.69, 9.17) is 5.73 Å². The van der Waals surface area contributed by atoms with Gasteiger partial charge >= 0.3 is 0 Å². The Labute approximate surface area is 112 Å². The first-order valence-corrected chi connectivity index (χ1v) is 6.44. The van der Waals surface area contributed by atoms with Gasteiger partial charge in [0.1, 0.15) is 0 Å². The number of amides is 1. The maximum atomic E-state index is 12.2. The van der Waals surface area contributed by atoms with Crippen LogP contribution in [-0.4, -0.2) is 32.6 Å². The molecule has 6 heteroatoms. The number of nitrogens with zero attached hydrogens (tertiary/aromatic N) is 3. The predicted octanol–water partition coefficient (Wildman–Crippen LogP) is 0.977. The number of aromatic nitrogens is 3. The van der Waals surface area contributed by atoms with Crippen LogP contribution in [0.15, 0.2) is 24.8 Å². The summed E-state index contributed by atoms with van der Waals surface area (Å²) < 4.78 is 1.62. The molecule has 102 valence electrons. The van der Waals surface area contributed by atoms with E-state index in [1.54, 1.807) is 29.3 Å². The summed E-state index contributed by atoms with van der Waals surface area (Å²) in [7, 11) is 0. The van der Waals surface area contributed by atoms with Crippen molar-refractivity contribution >= 4 is 11.4 Å². The molecule has 3 N–H and O–H groups in total. The number of hydrogen-bond acceptors (Lipinski definition) is 4. The second-order valence-corrected chi connectivity index (χ2v) is 4.72. The smallest absolute Gasteiger partial charge is 0.255 e. The summed E-state index contributed by atoms with van der Waals surface area (Å²) in [6.07, 6.45) is 8.14. The van der Waals surface area contributed by atoms with E-state index in [-0.39, 0.29) is 11.4 Å². The molecular formula is C13H19N5O. The number of carbonyl (C=O) groups excluding carboxylic acids is 1. The third-order valence-corrected chi connectivity index (χ3v) is 3.58. The largest absolute Gasteiger partial charge is 0.350 e. The maximum Gasteiger partial charge on any atom is 0.255 e.